The summed E-state index contributed by atoms with van der Waals surface area (Å²) < 4.78 is 25.5. The minimum Gasteiger partial charge on any atom is -0.424 e. The Hall–Kier alpha value is -2.66. The van der Waals surface area contributed by atoms with Crippen molar-refractivity contribution >= 4 is 36.9 Å². The first-order chi connectivity index (χ1) is 18.4. The lowest BCUT2D eigenvalue weighted by atomic mass is 9.78. The predicted molar refractivity (Wildman–Crippen MR) is 164 cm³/mol. The molecular weight excluding hydrogens is 564 g/mol. The van der Waals surface area contributed by atoms with Gasteiger partial charge in [0.25, 0.3) is 0 Å². The van der Waals surface area contributed by atoms with Crippen LogP contribution >= 0.6 is 13.3 Å². The lowest BCUT2D eigenvalue weighted by Gasteiger charge is -2.33. The zero-order chi connectivity index (χ0) is 27.5. The molecule has 9 heteroatoms. The van der Waals surface area contributed by atoms with E-state index in [0.29, 0.717) is 23.0 Å². The molecular formula is C30H29NO4P2S2. The largest absolute Gasteiger partial charge is 0.424 e. The molecule has 0 fully saturated rings. The van der Waals surface area contributed by atoms with Crippen molar-refractivity contribution in [3.63, 3.8) is 0 Å². The molecule has 4 aromatic rings. The van der Waals surface area contributed by atoms with Gasteiger partial charge >= 0.3 is 13.3 Å². The first kappa shape index (κ1) is 26.6. The SMILES string of the molecule is CC1(C)c2ccc(cc2)OP(=S)(NP2(=S)Oc3ccc(cc3)C(C)(C)c3ccc(cc3)O2)Oc2ccc1cc2. The third-order valence-corrected chi connectivity index (χ3v) is 13.6. The molecule has 8 bridgehead atoms. The summed E-state index contributed by atoms with van der Waals surface area (Å²) in [5, 5.41) is 0. The monoisotopic (exact) mass is 593 g/mol. The molecule has 0 radical (unpaired) electrons. The fourth-order valence-corrected chi connectivity index (χ4v) is 11.8. The first-order valence-electron chi connectivity index (χ1n) is 12.6. The van der Waals surface area contributed by atoms with Crippen molar-refractivity contribution in [2.24, 2.45) is 0 Å². The highest BCUT2D eigenvalue weighted by Gasteiger charge is 2.37. The molecule has 0 unspecified atom stereocenters. The number of nitrogens with one attached hydrogen (secondary N) is 1. The van der Waals surface area contributed by atoms with Crippen LogP contribution in [0.4, 0.5) is 0 Å². The van der Waals surface area contributed by atoms with Crippen molar-refractivity contribution in [3.8, 4) is 23.0 Å². The van der Waals surface area contributed by atoms with Crippen molar-refractivity contribution in [2.45, 2.75) is 38.5 Å². The molecule has 4 aromatic carbocycles. The number of rotatable bonds is 2. The number of benzene rings is 4. The Morgan fingerprint density at radius 3 is 0.846 bits per heavy atom. The van der Waals surface area contributed by atoms with Crippen LogP contribution in [0.3, 0.4) is 0 Å². The lowest BCUT2D eigenvalue weighted by molar-refractivity contribution is 0.455. The second kappa shape index (κ2) is 9.47. The second-order valence-corrected chi connectivity index (χ2v) is 17.2. The quantitative estimate of drug-likeness (QED) is 0.234. The summed E-state index contributed by atoms with van der Waals surface area (Å²) in [5.74, 6) is 2.30. The van der Waals surface area contributed by atoms with E-state index in [0.717, 1.165) is 0 Å². The van der Waals surface area contributed by atoms with Crippen LogP contribution in [0.5, 0.6) is 23.0 Å². The number of hydrogen-bond donors (Lipinski definition) is 1. The minimum atomic E-state index is -3.33. The average molecular weight is 594 g/mol. The normalized spacial score (nSPS) is 19.2. The fourth-order valence-electron chi connectivity index (χ4n) is 4.89. The van der Waals surface area contributed by atoms with Gasteiger partial charge in [-0.05, 0) is 70.8 Å². The molecule has 39 heavy (non-hydrogen) atoms. The zero-order valence-corrected chi connectivity index (χ0v) is 25.5. The van der Waals surface area contributed by atoms with E-state index in [4.69, 9.17) is 41.7 Å². The van der Waals surface area contributed by atoms with E-state index < -0.39 is 13.3 Å². The van der Waals surface area contributed by atoms with Crippen molar-refractivity contribution < 1.29 is 18.1 Å². The summed E-state index contributed by atoms with van der Waals surface area (Å²) in [6, 6.07) is 31.7. The van der Waals surface area contributed by atoms with Crippen LogP contribution in [0.1, 0.15) is 49.9 Å². The van der Waals surface area contributed by atoms with Gasteiger partial charge in [0.1, 0.15) is 23.0 Å². The summed E-state index contributed by atoms with van der Waals surface area (Å²) in [4.78, 5) is 3.25. The molecule has 0 aliphatic carbocycles. The van der Waals surface area contributed by atoms with E-state index in [9.17, 15) is 0 Å². The van der Waals surface area contributed by atoms with Gasteiger partial charge in [-0.3, -0.25) is 0 Å². The van der Waals surface area contributed by atoms with E-state index in [1.807, 2.05) is 48.5 Å². The van der Waals surface area contributed by atoms with Crippen LogP contribution in [0, 0.1) is 0 Å². The first-order valence-corrected chi connectivity index (χ1v) is 17.9. The zero-order valence-electron chi connectivity index (χ0n) is 22.1. The molecule has 0 atom stereocenters. The van der Waals surface area contributed by atoms with Crippen LogP contribution in [0.2, 0.25) is 0 Å². The Balaban J connectivity index is 1.41. The van der Waals surface area contributed by atoms with E-state index in [1.165, 1.54) is 22.3 Å². The molecule has 8 aliphatic heterocycles. The number of hydrogen-bond acceptors (Lipinski definition) is 6. The summed E-state index contributed by atoms with van der Waals surface area (Å²) in [6.45, 7) is 2.12. The highest BCUT2D eigenvalue weighted by atomic mass is 32.5. The van der Waals surface area contributed by atoms with Crippen molar-refractivity contribution in [1.29, 1.82) is 0 Å². The fraction of sp³-hybridized carbons (Fsp3) is 0.200. The smallest absolute Gasteiger partial charge is 0.374 e. The van der Waals surface area contributed by atoms with Crippen molar-refractivity contribution in [2.75, 3.05) is 0 Å². The highest BCUT2D eigenvalue weighted by molar-refractivity contribution is 8.17. The molecule has 0 saturated heterocycles. The average Bonchev–Trinajstić information content (AvgIpc) is 2.88. The summed E-state index contributed by atoms with van der Waals surface area (Å²) in [7, 11) is 0. The maximum atomic E-state index is 6.37. The van der Waals surface area contributed by atoms with Gasteiger partial charge in [0.2, 0.25) is 0 Å². The van der Waals surface area contributed by atoms with Crippen LogP contribution in [-0.2, 0) is 34.4 Å². The molecule has 0 spiro atoms. The molecule has 8 aliphatic rings. The van der Waals surface area contributed by atoms with Crippen molar-refractivity contribution in [1.82, 2.24) is 4.86 Å². The van der Waals surface area contributed by atoms with E-state index >= 15 is 0 Å². The molecule has 8 heterocycles. The standard InChI is InChI=1S/C30H29NO4P2S2/c1-29(2)21-5-13-25(14-6-21)32-36(38,33-26-15-7-22(29)8-16-26)31-37(39)34-27-17-9-23(10-18-27)30(3,4)24-11-19-28(35-37)20-12-24/h5-20H,1-4H3,(H,31,38,39). The predicted octanol–water partition coefficient (Wildman–Crippen LogP) is 8.62. The summed E-state index contributed by atoms with van der Waals surface area (Å²) in [5.41, 5.74) is 4.30. The van der Waals surface area contributed by atoms with Crippen LogP contribution in [0.15, 0.2) is 97.1 Å². The lowest BCUT2D eigenvalue weighted by Crippen LogP contribution is -2.23. The molecule has 200 valence electrons. The van der Waals surface area contributed by atoms with Crippen LogP contribution in [-0.4, -0.2) is 0 Å². The topological polar surface area (TPSA) is 49.0 Å². The molecule has 0 amide bonds. The van der Waals surface area contributed by atoms with Crippen molar-refractivity contribution in [3.05, 3.63) is 119 Å². The van der Waals surface area contributed by atoms with E-state index in [-0.39, 0.29) is 10.8 Å². The maximum Gasteiger partial charge on any atom is 0.374 e. The molecule has 12 rings (SSSR count). The van der Waals surface area contributed by atoms with Gasteiger partial charge in [0, 0.05) is 34.4 Å². The van der Waals surface area contributed by atoms with Gasteiger partial charge in [-0.1, -0.05) is 76.2 Å². The van der Waals surface area contributed by atoms with Gasteiger partial charge < -0.3 is 18.1 Å². The highest BCUT2D eigenvalue weighted by Crippen LogP contribution is 2.58. The summed E-state index contributed by atoms with van der Waals surface area (Å²) >= 11 is 12.1. The Kier molecular flexibility index (Phi) is 6.45. The van der Waals surface area contributed by atoms with Gasteiger partial charge in [0.15, 0.2) is 0 Å². The maximum absolute atomic E-state index is 6.37. The van der Waals surface area contributed by atoms with E-state index in [1.54, 1.807) is 0 Å². The third-order valence-electron chi connectivity index (χ3n) is 7.45. The van der Waals surface area contributed by atoms with Crippen LogP contribution in [0.25, 0.3) is 0 Å². The Morgan fingerprint density at radius 1 is 0.436 bits per heavy atom. The Labute approximate surface area is 239 Å². The van der Waals surface area contributed by atoms with Crippen LogP contribution < -0.4 is 23.0 Å². The van der Waals surface area contributed by atoms with Gasteiger partial charge in [-0.2, -0.15) is 0 Å². The molecule has 1 N–H and O–H groups in total. The molecule has 5 nitrogen and oxygen atoms in total. The Bertz CT molecular complexity index is 1380. The minimum absolute atomic E-state index is 0.180. The van der Waals surface area contributed by atoms with Gasteiger partial charge in [0.05, 0.1) is 0 Å². The second-order valence-electron chi connectivity index (χ2n) is 10.8. The van der Waals surface area contributed by atoms with Gasteiger partial charge in [-0.25, -0.2) is 0 Å². The van der Waals surface area contributed by atoms with E-state index in [2.05, 4.69) is 81.1 Å². The van der Waals surface area contributed by atoms with Gasteiger partial charge in [-0.15, -0.1) is 4.86 Å². The third kappa shape index (κ3) is 5.15. The summed E-state index contributed by atoms with van der Waals surface area (Å²) in [6.07, 6.45) is 0. The Morgan fingerprint density at radius 2 is 0.641 bits per heavy atom. The molecule has 0 aromatic heterocycles. The molecule has 0 saturated carbocycles.